The zero-order valence-electron chi connectivity index (χ0n) is 14.7. The molecule has 0 bridgehead atoms. The van der Waals surface area contributed by atoms with E-state index in [0.29, 0.717) is 11.8 Å². The third-order valence-electron chi connectivity index (χ3n) is 6.16. The lowest BCUT2D eigenvalue weighted by Crippen LogP contribution is -2.64. The summed E-state index contributed by atoms with van der Waals surface area (Å²) in [4.78, 5) is 6.67. The molecular weight excluding hydrogens is 312 g/mol. The summed E-state index contributed by atoms with van der Waals surface area (Å²) in [7, 11) is 0. The second kappa shape index (κ2) is 6.81. The summed E-state index contributed by atoms with van der Waals surface area (Å²) >= 11 is 0. The summed E-state index contributed by atoms with van der Waals surface area (Å²) in [5.41, 5.74) is 15.3. The van der Waals surface area contributed by atoms with Crippen LogP contribution in [0.1, 0.15) is 38.5 Å². The van der Waals surface area contributed by atoms with Crippen LogP contribution in [-0.4, -0.2) is 29.7 Å². The normalized spacial score (nSPS) is 30.4. The smallest absolute Gasteiger partial charge is 0.225 e. The van der Waals surface area contributed by atoms with Crippen LogP contribution in [0.3, 0.4) is 0 Å². The molecule has 2 aromatic rings. The summed E-state index contributed by atoms with van der Waals surface area (Å²) in [5, 5.41) is 0. The fraction of sp³-hybridized carbons (Fsp3) is 0.550. The first-order chi connectivity index (χ1) is 12.2. The summed E-state index contributed by atoms with van der Waals surface area (Å²) in [5.74, 6) is 1.14. The fourth-order valence-electron chi connectivity index (χ4n) is 4.59. The first-order valence-electron chi connectivity index (χ1n) is 9.46. The molecule has 25 heavy (non-hydrogen) atoms. The van der Waals surface area contributed by atoms with Crippen LogP contribution in [-0.2, 0) is 0 Å². The van der Waals surface area contributed by atoms with E-state index in [-0.39, 0.29) is 11.6 Å². The number of rotatable bonds is 3. The summed E-state index contributed by atoms with van der Waals surface area (Å²) in [6.45, 7) is 2.09. The van der Waals surface area contributed by atoms with Gasteiger partial charge in [0.2, 0.25) is 5.89 Å². The molecule has 0 spiro atoms. The van der Waals surface area contributed by atoms with E-state index < -0.39 is 0 Å². The molecule has 5 nitrogen and oxygen atoms in total. The highest BCUT2D eigenvalue weighted by Crippen LogP contribution is 2.37. The van der Waals surface area contributed by atoms with E-state index in [1.54, 1.807) is 12.5 Å². The van der Waals surface area contributed by atoms with E-state index in [2.05, 4.69) is 34.1 Å². The van der Waals surface area contributed by atoms with Gasteiger partial charge >= 0.3 is 0 Å². The van der Waals surface area contributed by atoms with Crippen molar-refractivity contribution in [1.29, 1.82) is 0 Å². The monoisotopic (exact) mass is 340 g/mol. The number of nitrogens with zero attached hydrogens (tertiary/aromatic N) is 2. The predicted molar refractivity (Wildman–Crippen MR) is 100 cm³/mol. The van der Waals surface area contributed by atoms with E-state index in [1.807, 2.05) is 0 Å². The topological polar surface area (TPSA) is 81.3 Å². The lowest BCUT2D eigenvalue weighted by Gasteiger charge is -2.49. The second-order valence-electron chi connectivity index (χ2n) is 7.63. The van der Waals surface area contributed by atoms with Crippen LogP contribution in [0.5, 0.6) is 0 Å². The van der Waals surface area contributed by atoms with Crippen LogP contribution < -0.4 is 16.4 Å². The van der Waals surface area contributed by atoms with Gasteiger partial charge in [0.15, 0.2) is 0 Å². The van der Waals surface area contributed by atoms with Gasteiger partial charge < -0.3 is 20.8 Å². The number of hydrogen-bond donors (Lipinski definition) is 2. The Balaban J connectivity index is 1.49. The van der Waals surface area contributed by atoms with Crippen LogP contribution in [0, 0.1) is 5.92 Å². The largest absolute Gasteiger partial charge is 0.445 e. The Morgan fingerprint density at radius 2 is 1.96 bits per heavy atom. The Morgan fingerprint density at radius 3 is 2.68 bits per heavy atom. The number of hydrogen-bond acceptors (Lipinski definition) is 5. The fourth-order valence-corrected chi connectivity index (χ4v) is 4.59. The minimum absolute atomic E-state index is 0.138. The standard InChI is InChI=1S/C20H28N4O/c21-18-5-1-2-10-20(18,22)16-4-3-12-24(14-16)17-8-6-15(7-9-17)19-23-11-13-25-19/h6-9,11,13,16,18H,1-5,10,12,14,21-22H2/t16?,18-,20-/m1/s1. The number of nitrogens with two attached hydrogens (primary N) is 2. The molecule has 1 aromatic heterocycles. The molecule has 1 saturated heterocycles. The molecule has 2 fully saturated rings. The molecule has 3 atom stereocenters. The molecule has 4 N–H and O–H groups in total. The minimum atomic E-state index is -0.199. The van der Waals surface area contributed by atoms with E-state index in [1.165, 1.54) is 31.4 Å². The predicted octanol–water partition coefficient (Wildman–Crippen LogP) is 3.16. The van der Waals surface area contributed by atoms with Crippen molar-refractivity contribution in [2.75, 3.05) is 18.0 Å². The molecule has 1 aliphatic carbocycles. The highest BCUT2D eigenvalue weighted by atomic mass is 16.3. The molecule has 2 aliphatic rings. The van der Waals surface area contributed by atoms with Crippen LogP contribution in [0.2, 0.25) is 0 Å². The zero-order chi connectivity index (χ0) is 17.3. The molecule has 5 heteroatoms. The van der Waals surface area contributed by atoms with Crippen molar-refractivity contribution in [3.8, 4) is 11.5 Å². The Bertz CT molecular complexity index is 684. The number of oxazole rings is 1. The van der Waals surface area contributed by atoms with Gasteiger partial charge in [-0.3, -0.25) is 0 Å². The molecular formula is C20H28N4O. The molecule has 0 radical (unpaired) electrons. The molecule has 4 rings (SSSR count). The summed E-state index contributed by atoms with van der Waals surface area (Å²) in [6, 6.07) is 8.61. The lowest BCUT2D eigenvalue weighted by molar-refractivity contribution is 0.148. The molecule has 1 unspecified atom stereocenters. The Hall–Kier alpha value is -1.85. The van der Waals surface area contributed by atoms with Gasteiger partial charge in [-0.1, -0.05) is 12.8 Å². The van der Waals surface area contributed by atoms with Gasteiger partial charge in [-0.2, -0.15) is 0 Å². The van der Waals surface area contributed by atoms with Crippen LogP contribution in [0.4, 0.5) is 5.69 Å². The SMILES string of the molecule is N[C@@H]1CCCC[C@@]1(N)C1CCCN(c2ccc(-c3ncco3)cc2)C1. The van der Waals surface area contributed by atoms with E-state index in [4.69, 9.17) is 15.9 Å². The van der Waals surface area contributed by atoms with Crippen molar-refractivity contribution < 1.29 is 4.42 Å². The Kier molecular flexibility index (Phi) is 4.52. The van der Waals surface area contributed by atoms with Crippen molar-refractivity contribution >= 4 is 5.69 Å². The van der Waals surface area contributed by atoms with Gasteiger partial charge in [0.1, 0.15) is 6.26 Å². The van der Waals surface area contributed by atoms with E-state index in [9.17, 15) is 0 Å². The molecule has 0 amide bonds. The van der Waals surface area contributed by atoms with Crippen molar-refractivity contribution in [3.63, 3.8) is 0 Å². The van der Waals surface area contributed by atoms with Crippen LogP contribution >= 0.6 is 0 Å². The van der Waals surface area contributed by atoms with Gasteiger partial charge in [-0.25, -0.2) is 4.98 Å². The number of anilines is 1. The highest BCUT2D eigenvalue weighted by molar-refractivity contribution is 5.59. The van der Waals surface area contributed by atoms with Crippen LogP contribution in [0.15, 0.2) is 41.1 Å². The molecule has 1 aromatic carbocycles. The lowest BCUT2D eigenvalue weighted by atomic mass is 9.68. The highest BCUT2D eigenvalue weighted by Gasteiger charge is 2.43. The average Bonchev–Trinajstić information content (AvgIpc) is 3.19. The van der Waals surface area contributed by atoms with Gasteiger partial charge in [-0.15, -0.1) is 0 Å². The van der Waals surface area contributed by atoms with E-state index in [0.717, 1.165) is 31.5 Å². The van der Waals surface area contributed by atoms with Gasteiger partial charge in [0, 0.05) is 35.9 Å². The van der Waals surface area contributed by atoms with Crippen molar-refractivity contribution in [2.45, 2.75) is 50.1 Å². The first-order valence-corrected chi connectivity index (χ1v) is 9.46. The Morgan fingerprint density at radius 1 is 1.12 bits per heavy atom. The first kappa shape index (κ1) is 16.6. The molecule has 1 saturated carbocycles. The maximum absolute atomic E-state index is 6.83. The van der Waals surface area contributed by atoms with Gasteiger partial charge in [0.05, 0.1) is 6.20 Å². The minimum Gasteiger partial charge on any atom is -0.445 e. The average molecular weight is 340 g/mol. The molecule has 2 heterocycles. The van der Waals surface area contributed by atoms with Gasteiger partial charge in [-0.05, 0) is 55.9 Å². The third-order valence-corrected chi connectivity index (χ3v) is 6.16. The summed E-state index contributed by atoms with van der Waals surface area (Å²) < 4.78 is 5.37. The van der Waals surface area contributed by atoms with Crippen molar-refractivity contribution in [2.24, 2.45) is 17.4 Å². The van der Waals surface area contributed by atoms with Gasteiger partial charge in [0.25, 0.3) is 0 Å². The van der Waals surface area contributed by atoms with E-state index >= 15 is 0 Å². The van der Waals surface area contributed by atoms with Crippen molar-refractivity contribution in [1.82, 2.24) is 4.98 Å². The number of benzene rings is 1. The Labute approximate surface area is 149 Å². The molecule has 1 aliphatic heterocycles. The molecule has 134 valence electrons. The second-order valence-corrected chi connectivity index (χ2v) is 7.63. The maximum atomic E-state index is 6.83. The van der Waals surface area contributed by atoms with Crippen LogP contribution in [0.25, 0.3) is 11.5 Å². The maximum Gasteiger partial charge on any atom is 0.225 e. The number of aromatic nitrogens is 1. The number of piperidine rings is 1. The summed E-state index contributed by atoms with van der Waals surface area (Å²) in [6.07, 6.45) is 10.2. The zero-order valence-corrected chi connectivity index (χ0v) is 14.7. The quantitative estimate of drug-likeness (QED) is 0.897. The van der Waals surface area contributed by atoms with Crippen molar-refractivity contribution in [3.05, 3.63) is 36.7 Å². The third kappa shape index (κ3) is 3.18.